The number of hydrogen-bond acceptors (Lipinski definition) is 3. The molecule has 0 aliphatic carbocycles. The zero-order chi connectivity index (χ0) is 27.1. The van der Waals surface area contributed by atoms with Crippen LogP contribution in [-0.2, 0) is 19.4 Å². The van der Waals surface area contributed by atoms with Crippen molar-refractivity contribution < 1.29 is 0 Å². The van der Waals surface area contributed by atoms with Gasteiger partial charge in [-0.05, 0) is 85.3 Å². The molecule has 0 aliphatic rings. The summed E-state index contributed by atoms with van der Waals surface area (Å²) < 4.78 is 0. The zero-order valence-corrected chi connectivity index (χ0v) is 24.5. The Morgan fingerprint density at radius 1 is 1.00 bits per heavy atom. The van der Waals surface area contributed by atoms with Crippen LogP contribution >= 0.6 is 0 Å². The van der Waals surface area contributed by atoms with Gasteiger partial charge in [-0.1, -0.05) is 96.0 Å². The summed E-state index contributed by atoms with van der Waals surface area (Å²) in [6, 6.07) is 12.9. The van der Waals surface area contributed by atoms with Crippen molar-refractivity contribution in [3.8, 4) is 0 Å². The summed E-state index contributed by atoms with van der Waals surface area (Å²) in [4.78, 5) is 5.26. The van der Waals surface area contributed by atoms with Gasteiger partial charge in [0.15, 0.2) is 0 Å². The Labute approximate surface area is 221 Å². The number of aromatic nitrogens is 1. The number of nitrogens with two attached hydrogens (primary N) is 1. The average molecular weight is 488 g/mol. The first kappa shape index (κ1) is 29.4. The summed E-state index contributed by atoms with van der Waals surface area (Å²) in [5.74, 6) is 0.999. The molecule has 0 unspecified atom stereocenters. The molecule has 3 nitrogen and oxygen atoms in total. The van der Waals surface area contributed by atoms with E-state index in [1.54, 1.807) is 0 Å². The molecule has 0 amide bonds. The van der Waals surface area contributed by atoms with Gasteiger partial charge in [0.05, 0.1) is 5.69 Å². The fourth-order valence-corrected chi connectivity index (χ4v) is 4.47. The molecular weight excluding hydrogens is 438 g/mol. The van der Waals surface area contributed by atoms with Crippen LogP contribution in [0.3, 0.4) is 0 Å². The van der Waals surface area contributed by atoms with Crippen molar-refractivity contribution in [3.63, 3.8) is 0 Å². The van der Waals surface area contributed by atoms with Crippen LogP contribution < -0.4 is 11.1 Å². The third kappa shape index (κ3) is 9.68. The van der Waals surface area contributed by atoms with Crippen molar-refractivity contribution in [1.82, 2.24) is 4.98 Å². The zero-order valence-electron chi connectivity index (χ0n) is 24.5. The molecule has 2 rings (SSSR count). The predicted molar refractivity (Wildman–Crippen MR) is 159 cm³/mol. The minimum atomic E-state index is 0.0688. The highest BCUT2D eigenvalue weighted by Gasteiger charge is 2.21. The van der Waals surface area contributed by atoms with E-state index >= 15 is 0 Å². The number of benzene rings is 1. The molecule has 3 heteroatoms. The molecule has 2 aromatic rings. The molecule has 1 aromatic heterocycles. The summed E-state index contributed by atoms with van der Waals surface area (Å²) in [7, 11) is 0. The van der Waals surface area contributed by atoms with Crippen molar-refractivity contribution in [3.05, 3.63) is 87.8 Å². The predicted octanol–water partition coefficient (Wildman–Crippen LogP) is 8.86. The lowest BCUT2D eigenvalue weighted by molar-refractivity contribution is 0.424. The summed E-state index contributed by atoms with van der Waals surface area (Å²) in [6.45, 7) is 23.0. The van der Waals surface area contributed by atoms with Gasteiger partial charge in [-0.25, -0.2) is 4.98 Å². The molecule has 0 saturated carbocycles. The van der Waals surface area contributed by atoms with Crippen molar-refractivity contribution in [2.75, 3.05) is 5.32 Å². The molecule has 196 valence electrons. The lowest BCUT2D eigenvalue weighted by Crippen LogP contribution is -2.13. The van der Waals surface area contributed by atoms with Gasteiger partial charge >= 0.3 is 0 Å². The van der Waals surface area contributed by atoms with E-state index < -0.39 is 0 Å². The molecule has 3 N–H and O–H groups in total. The summed E-state index contributed by atoms with van der Waals surface area (Å²) in [6.07, 6.45) is 7.26. The van der Waals surface area contributed by atoms with E-state index in [0.29, 0.717) is 0 Å². The van der Waals surface area contributed by atoms with E-state index in [1.165, 1.54) is 33.4 Å². The number of allylic oxidation sites excluding steroid dienone is 6. The van der Waals surface area contributed by atoms with E-state index in [9.17, 15) is 0 Å². The van der Waals surface area contributed by atoms with Gasteiger partial charge < -0.3 is 11.1 Å². The van der Waals surface area contributed by atoms with Gasteiger partial charge in [0, 0.05) is 12.2 Å². The Hall–Kier alpha value is -2.81. The van der Waals surface area contributed by atoms with E-state index in [1.807, 2.05) is 6.92 Å². The molecule has 36 heavy (non-hydrogen) atoms. The van der Waals surface area contributed by atoms with Crippen molar-refractivity contribution in [2.45, 2.75) is 95.0 Å². The monoisotopic (exact) mass is 487 g/mol. The highest BCUT2D eigenvalue weighted by atomic mass is 15.0. The van der Waals surface area contributed by atoms with Gasteiger partial charge in [0.2, 0.25) is 0 Å². The first-order chi connectivity index (χ1) is 16.7. The topological polar surface area (TPSA) is 50.9 Å². The second-order valence-electron chi connectivity index (χ2n) is 12.5. The fourth-order valence-electron chi connectivity index (χ4n) is 4.47. The van der Waals surface area contributed by atoms with E-state index in [2.05, 4.69) is 116 Å². The summed E-state index contributed by atoms with van der Waals surface area (Å²) in [5, 5.41) is 3.69. The Balaban J connectivity index is 2.69. The maximum atomic E-state index is 5.98. The molecule has 0 spiro atoms. The maximum absolute atomic E-state index is 5.98. The van der Waals surface area contributed by atoms with Crippen LogP contribution in [0.2, 0.25) is 0 Å². The van der Waals surface area contributed by atoms with Gasteiger partial charge in [0.1, 0.15) is 5.82 Å². The van der Waals surface area contributed by atoms with Crippen LogP contribution in [0, 0.1) is 10.8 Å². The van der Waals surface area contributed by atoms with Gasteiger partial charge in [-0.2, -0.15) is 0 Å². The molecule has 1 aromatic carbocycles. The van der Waals surface area contributed by atoms with E-state index in [4.69, 9.17) is 10.7 Å². The van der Waals surface area contributed by atoms with Gasteiger partial charge in [0.25, 0.3) is 0 Å². The van der Waals surface area contributed by atoms with E-state index in [0.717, 1.165) is 43.0 Å². The van der Waals surface area contributed by atoms with Crippen molar-refractivity contribution in [2.24, 2.45) is 16.6 Å². The number of hydrogen-bond donors (Lipinski definition) is 2. The Bertz CT molecular complexity index is 1100. The Morgan fingerprint density at radius 3 is 2.17 bits per heavy atom. The standard InChI is InChI=1S/C33H49N3/c1-11-29-27(18-24(3)23(2)17-25(4)34)19-30(28(20-32(5,6)7)21-33(8,9)10)36-31(29)35-22-26-15-13-12-14-16-26/h12-17,19-20H,11,18,21-22,34H2,1-10H3,(H,35,36)/b24-23+,25-17-,28-20+. The lowest BCUT2D eigenvalue weighted by atomic mass is 9.82. The molecule has 0 aliphatic heterocycles. The normalized spacial score (nSPS) is 14.1. The number of anilines is 1. The average Bonchev–Trinajstić information content (AvgIpc) is 2.75. The lowest BCUT2D eigenvalue weighted by Gasteiger charge is -2.25. The fraction of sp³-hybridized carbons (Fsp3) is 0.485. The van der Waals surface area contributed by atoms with Crippen LogP contribution in [0.15, 0.2) is 65.4 Å². The maximum Gasteiger partial charge on any atom is 0.130 e. The van der Waals surface area contributed by atoms with Crippen molar-refractivity contribution in [1.29, 1.82) is 0 Å². The van der Waals surface area contributed by atoms with Crippen LogP contribution in [0.1, 0.15) is 98.0 Å². The number of nitrogens with zero attached hydrogens (tertiary/aromatic N) is 1. The molecule has 0 atom stereocenters. The largest absolute Gasteiger partial charge is 0.402 e. The summed E-state index contributed by atoms with van der Waals surface area (Å²) >= 11 is 0. The number of pyridine rings is 1. The number of rotatable bonds is 9. The van der Waals surface area contributed by atoms with E-state index in [-0.39, 0.29) is 10.8 Å². The highest BCUT2D eigenvalue weighted by molar-refractivity contribution is 5.68. The molecule has 1 heterocycles. The third-order valence-corrected chi connectivity index (χ3v) is 6.10. The molecule has 0 fully saturated rings. The Morgan fingerprint density at radius 2 is 1.64 bits per heavy atom. The smallest absolute Gasteiger partial charge is 0.130 e. The minimum Gasteiger partial charge on any atom is -0.402 e. The van der Waals surface area contributed by atoms with Crippen LogP contribution in [-0.4, -0.2) is 4.98 Å². The Kier molecular flexibility index (Phi) is 10.2. The van der Waals surface area contributed by atoms with Crippen molar-refractivity contribution >= 4 is 11.4 Å². The van der Waals surface area contributed by atoms with Crippen LogP contribution in [0.4, 0.5) is 5.82 Å². The molecule has 0 radical (unpaired) electrons. The second-order valence-corrected chi connectivity index (χ2v) is 12.5. The first-order valence-corrected chi connectivity index (χ1v) is 13.3. The summed E-state index contributed by atoms with van der Waals surface area (Å²) in [5.41, 5.74) is 15.9. The quantitative estimate of drug-likeness (QED) is 0.347. The minimum absolute atomic E-state index is 0.0688. The molecule has 0 saturated heterocycles. The van der Waals surface area contributed by atoms with Gasteiger partial charge in [-0.15, -0.1) is 0 Å². The van der Waals surface area contributed by atoms with Crippen LogP contribution in [0.5, 0.6) is 0 Å². The second kappa shape index (κ2) is 12.4. The molecular formula is C33H49N3. The highest BCUT2D eigenvalue weighted by Crippen LogP contribution is 2.35. The SMILES string of the molecule is CCc1c(C/C(C)=C(C)/C=C(/C)N)cc(/C(=C/C(C)(C)C)CC(C)(C)C)nc1NCc1ccccc1. The molecule has 0 bridgehead atoms. The van der Waals surface area contributed by atoms with Crippen LogP contribution in [0.25, 0.3) is 5.57 Å². The third-order valence-electron chi connectivity index (χ3n) is 6.10. The van der Waals surface area contributed by atoms with Gasteiger partial charge in [-0.3, -0.25) is 0 Å². The number of nitrogens with one attached hydrogen (secondary N) is 1. The first-order valence-electron chi connectivity index (χ1n) is 13.3.